The van der Waals surface area contributed by atoms with E-state index in [2.05, 4.69) is 4.98 Å². The van der Waals surface area contributed by atoms with E-state index in [1.54, 1.807) is 4.40 Å². The van der Waals surface area contributed by atoms with Crippen LogP contribution in [0.25, 0.3) is 5.65 Å². The number of rotatable bonds is 0. The van der Waals surface area contributed by atoms with E-state index in [1.165, 1.54) is 12.8 Å². The molecule has 4 heteroatoms. The Balaban J connectivity index is 0.00000120. The summed E-state index contributed by atoms with van der Waals surface area (Å²) in [7, 11) is 0. The summed E-state index contributed by atoms with van der Waals surface area (Å²) >= 11 is 0. The smallest absolute Gasteiger partial charge is 0.261 e. The summed E-state index contributed by atoms with van der Waals surface area (Å²) in [6, 6.07) is 5.71. The van der Waals surface area contributed by atoms with Crippen molar-refractivity contribution in [3.8, 4) is 0 Å². The van der Waals surface area contributed by atoms with Crippen LogP contribution in [0.3, 0.4) is 0 Å². The van der Waals surface area contributed by atoms with E-state index < -0.39 is 0 Å². The van der Waals surface area contributed by atoms with Gasteiger partial charge in [-0.25, -0.2) is 4.98 Å². The number of fused-ring (bicyclic) bond motifs is 2. The molecular formula is C14H17ClN2O. The Labute approximate surface area is 112 Å². The van der Waals surface area contributed by atoms with Gasteiger partial charge < -0.3 is 0 Å². The van der Waals surface area contributed by atoms with E-state index in [0.29, 0.717) is 0 Å². The first-order valence-corrected chi connectivity index (χ1v) is 6.35. The van der Waals surface area contributed by atoms with Crippen LogP contribution < -0.4 is 5.56 Å². The van der Waals surface area contributed by atoms with Gasteiger partial charge in [0.1, 0.15) is 5.65 Å². The van der Waals surface area contributed by atoms with E-state index in [1.807, 2.05) is 24.4 Å². The van der Waals surface area contributed by atoms with Crippen molar-refractivity contribution in [1.82, 2.24) is 9.38 Å². The Morgan fingerprint density at radius 1 is 1.06 bits per heavy atom. The molecule has 96 valence electrons. The van der Waals surface area contributed by atoms with Crippen molar-refractivity contribution in [2.24, 2.45) is 0 Å². The first-order chi connectivity index (χ1) is 8.36. The van der Waals surface area contributed by atoms with Crippen molar-refractivity contribution in [1.29, 1.82) is 0 Å². The summed E-state index contributed by atoms with van der Waals surface area (Å²) in [6.45, 7) is 0. The van der Waals surface area contributed by atoms with Crippen LogP contribution in [0.15, 0.2) is 29.2 Å². The van der Waals surface area contributed by atoms with Crippen molar-refractivity contribution in [2.75, 3.05) is 0 Å². The number of hydrogen-bond acceptors (Lipinski definition) is 2. The fourth-order valence-corrected chi connectivity index (χ4v) is 2.58. The highest BCUT2D eigenvalue weighted by Crippen LogP contribution is 2.16. The SMILES string of the molecule is Cl.O=c1c2c(nc3ccccn13)CCCCCC2. The van der Waals surface area contributed by atoms with E-state index in [0.717, 1.165) is 42.6 Å². The minimum absolute atomic E-state index is 0. The van der Waals surface area contributed by atoms with E-state index in [4.69, 9.17) is 0 Å². The third-order valence-corrected chi connectivity index (χ3v) is 3.50. The van der Waals surface area contributed by atoms with Crippen LogP contribution in [0.4, 0.5) is 0 Å². The summed E-state index contributed by atoms with van der Waals surface area (Å²) in [5.74, 6) is 0. The molecule has 0 saturated carbocycles. The molecule has 0 N–H and O–H groups in total. The van der Waals surface area contributed by atoms with Crippen molar-refractivity contribution in [2.45, 2.75) is 38.5 Å². The zero-order valence-electron chi connectivity index (χ0n) is 10.3. The molecule has 2 aromatic rings. The lowest BCUT2D eigenvalue weighted by atomic mass is 9.98. The fourth-order valence-electron chi connectivity index (χ4n) is 2.58. The molecule has 0 aliphatic heterocycles. The fraction of sp³-hybridized carbons (Fsp3) is 0.429. The zero-order chi connectivity index (χ0) is 11.7. The van der Waals surface area contributed by atoms with Gasteiger partial charge in [-0.3, -0.25) is 9.20 Å². The predicted molar refractivity (Wildman–Crippen MR) is 74.6 cm³/mol. The quantitative estimate of drug-likeness (QED) is 0.733. The molecule has 3 rings (SSSR count). The number of halogens is 1. The largest absolute Gasteiger partial charge is 0.269 e. The van der Waals surface area contributed by atoms with Gasteiger partial charge in [-0.05, 0) is 37.8 Å². The van der Waals surface area contributed by atoms with Gasteiger partial charge in [0.05, 0.1) is 5.69 Å². The highest BCUT2D eigenvalue weighted by atomic mass is 35.5. The maximum absolute atomic E-state index is 12.4. The molecule has 0 aromatic carbocycles. The second kappa shape index (κ2) is 5.53. The highest BCUT2D eigenvalue weighted by Gasteiger charge is 2.13. The van der Waals surface area contributed by atoms with Crippen LogP contribution in [-0.4, -0.2) is 9.38 Å². The average Bonchev–Trinajstić information content (AvgIpc) is 2.32. The molecule has 0 radical (unpaired) electrons. The van der Waals surface area contributed by atoms with Gasteiger partial charge in [0.25, 0.3) is 5.56 Å². The molecule has 0 fully saturated rings. The van der Waals surface area contributed by atoms with E-state index >= 15 is 0 Å². The lowest BCUT2D eigenvalue weighted by Crippen LogP contribution is -2.23. The number of pyridine rings is 1. The highest BCUT2D eigenvalue weighted by molar-refractivity contribution is 5.85. The van der Waals surface area contributed by atoms with Gasteiger partial charge in [-0.15, -0.1) is 12.4 Å². The molecule has 18 heavy (non-hydrogen) atoms. The van der Waals surface area contributed by atoms with Crippen LogP contribution in [0.1, 0.15) is 36.9 Å². The molecule has 0 atom stereocenters. The Bertz CT molecular complexity index is 606. The summed E-state index contributed by atoms with van der Waals surface area (Å²) in [5.41, 5.74) is 2.87. The lowest BCUT2D eigenvalue weighted by molar-refractivity contribution is 0.603. The molecule has 0 amide bonds. The van der Waals surface area contributed by atoms with Crippen molar-refractivity contribution in [3.63, 3.8) is 0 Å². The summed E-state index contributed by atoms with van der Waals surface area (Å²) in [6.07, 6.45) is 8.41. The lowest BCUT2D eigenvalue weighted by Gasteiger charge is -2.13. The van der Waals surface area contributed by atoms with Crippen LogP contribution in [0.5, 0.6) is 0 Å². The minimum atomic E-state index is 0. The average molecular weight is 265 g/mol. The van der Waals surface area contributed by atoms with Gasteiger partial charge in [0.2, 0.25) is 0 Å². The molecule has 2 heterocycles. The summed E-state index contributed by atoms with van der Waals surface area (Å²) in [5, 5.41) is 0. The molecule has 0 unspecified atom stereocenters. The molecule has 2 aromatic heterocycles. The molecule has 0 bridgehead atoms. The zero-order valence-corrected chi connectivity index (χ0v) is 11.1. The summed E-state index contributed by atoms with van der Waals surface area (Å²) < 4.78 is 1.67. The van der Waals surface area contributed by atoms with Gasteiger partial charge in [0.15, 0.2) is 0 Å². The Hall–Kier alpha value is -1.35. The Morgan fingerprint density at radius 2 is 1.83 bits per heavy atom. The number of nitrogens with zero attached hydrogens (tertiary/aromatic N) is 2. The number of aryl methyl sites for hydroxylation is 1. The topological polar surface area (TPSA) is 34.4 Å². The third kappa shape index (κ3) is 2.27. The van der Waals surface area contributed by atoms with Crippen molar-refractivity contribution in [3.05, 3.63) is 46.0 Å². The molecule has 0 spiro atoms. The molecule has 1 aliphatic carbocycles. The van der Waals surface area contributed by atoms with Gasteiger partial charge >= 0.3 is 0 Å². The first kappa shape index (κ1) is 13.1. The maximum Gasteiger partial charge on any atom is 0.261 e. The van der Waals surface area contributed by atoms with Crippen LogP contribution in [-0.2, 0) is 12.8 Å². The van der Waals surface area contributed by atoms with Crippen LogP contribution in [0, 0.1) is 0 Å². The summed E-state index contributed by atoms with van der Waals surface area (Å²) in [4.78, 5) is 17.0. The standard InChI is InChI=1S/C14H16N2O.ClH/c17-14-11-7-3-1-2-4-8-12(11)15-13-9-5-6-10-16(13)14;/h5-6,9-10H,1-4,7-8H2;1H. The molecule has 1 aliphatic rings. The number of hydrogen-bond donors (Lipinski definition) is 0. The maximum atomic E-state index is 12.4. The third-order valence-electron chi connectivity index (χ3n) is 3.50. The first-order valence-electron chi connectivity index (χ1n) is 6.35. The molecule has 3 nitrogen and oxygen atoms in total. The van der Waals surface area contributed by atoms with Gasteiger partial charge in [0, 0.05) is 11.8 Å². The van der Waals surface area contributed by atoms with Crippen LogP contribution >= 0.6 is 12.4 Å². The van der Waals surface area contributed by atoms with E-state index in [9.17, 15) is 4.79 Å². The molecule has 0 saturated heterocycles. The Morgan fingerprint density at radius 3 is 2.67 bits per heavy atom. The van der Waals surface area contributed by atoms with Crippen molar-refractivity contribution >= 4 is 18.1 Å². The monoisotopic (exact) mass is 264 g/mol. The Kier molecular flexibility index (Phi) is 4.02. The van der Waals surface area contributed by atoms with E-state index in [-0.39, 0.29) is 18.0 Å². The van der Waals surface area contributed by atoms with Crippen LogP contribution in [0.2, 0.25) is 0 Å². The van der Waals surface area contributed by atoms with Crippen molar-refractivity contribution < 1.29 is 0 Å². The predicted octanol–water partition coefficient (Wildman–Crippen LogP) is 2.78. The second-order valence-electron chi connectivity index (χ2n) is 4.69. The van der Waals surface area contributed by atoms with Gasteiger partial charge in [-0.2, -0.15) is 0 Å². The normalized spacial score (nSPS) is 15.3. The minimum Gasteiger partial charge on any atom is -0.269 e. The number of aromatic nitrogens is 2. The molecular weight excluding hydrogens is 248 g/mol. The second-order valence-corrected chi connectivity index (χ2v) is 4.69. The van der Waals surface area contributed by atoms with Gasteiger partial charge in [-0.1, -0.05) is 18.9 Å².